The fourth-order valence-electron chi connectivity index (χ4n) is 4.17. The number of carbonyl (C=O) groups is 3. The van der Waals surface area contributed by atoms with Crippen LogP contribution in [0.25, 0.3) is 17.0 Å². The van der Waals surface area contributed by atoms with Gasteiger partial charge in [-0.3, -0.25) is 29.4 Å². The molecule has 0 aliphatic carbocycles. The standard InChI is InChI=1S/C27H19FN4O5S/c28-19-6-4-7-20(13-19)29-25(33)16-31-26(34)24(38-27(31)35)12-18-15-30(23-10-2-1-9-22(18)23)14-17-5-3-8-21(11-17)32(36)37/h1-13,15H,14,16H2,(H,29,33)/b24-12+. The molecule has 0 radical (unpaired) electrons. The summed E-state index contributed by atoms with van der Waals surface area (Å²) in [6.45, 7) is -0.148. The molecule has 1 N–H and O–H groups in total. The number of amides is 3. The second-order valence-corrected chi connectivity index (χ2v) is 9.48. The second-order valence-electron chi connectivity index (χ2n) is 8.48. The SMILES string of the molecule is O=C(CN1C(=O)S/C(=C/c2cn(Cc3cccc([N+](=O)[O-])c3)c3ccccc23)C1=O)Nc1cccc(F)c1. The summed E-state index contributed by atoms with van der Waals surface area (Å²) in [5.74, 6) is -1.76. The monoisotopic (exact) mass is 530 g/mol. The van der Waals surface area contributed by atoms with Gasteiger partial charge in [0.15, 0.2) is 0 Å². The molecule has 38 heavy (non-hydrogen) atoms. The van der Waals surface area contributed by atoms with Crippen LogP contribution in [0.3, 0.4) is 0 Å². The number of nitro benzene ring substituents is 1. The van der Waals surface area contributed by atoms with E-state index in [2.05, 4.69) is 5.32 Å². The van der Waals surface area contributed by atoms with E-state index in [1.54, 1.807) is 18.2 Å². The second kappa shape index (κ2) is 10.3. The highest BCUT2D eigenvalue weighted by atomic mass is 32.2. The number of anilines is 1. The van der Waals surface area contributed by atoms with Crippen molar-refractivity contribution in [3.05, 3.63) is 111 Å². The number of rotatable bonds is 7. The van der Waals surface area contributed by atoms with Gasteiger partial charge in [-0.1, -0.05) is 36.4 Å². The molecule has 0 bridgehead atoms. The maximum Gasteiger partial charge on any atom is 0.294 e. The summed E-state index contributed by atoms with van der Waals surface area (Å²) in [6, 6.07) is 19.1. The predicted molar refractivity (Wildman–Crippen MR) is 142 cm³/mol. The fourth-order valence-corrected chi connectivity index (χ4v) is 5.00. The van der Waals surface area contributed by atoms with Crippen LogP contribution >= 0.6 is 11.8 Å². The molecule has 3 aromatic carbocycles. The quantitative estimate of drug-likeness (QED) is 0.194. The molecule has 2 heterocycles. The highest BCUT2D eigenvalue weighted by Gasteiger charge is 2.36. The van der Waals surface area contributed by atoms with Gasteiger partial charge in [0, 0.05) is 47.0 Å². The van der Waals surface area contributed by atoms with Crippen molar-refractivity contribution < 1.29 is 23.7 Å². The van der Waals surface area contributed by atoms with E-state index in [1.165, 1.54) is 30.3 Å². The molecule has 9 nitrogen and oxygen atoms in total. The molecule has 0 spiro atoms. The van der Waals surface area contributed by atoms with Crippen molar-refractivity contribution in [1.29, 1.82) is 0 Å². The third-order valence-electron chi connectivity index (χ3n) is 5.86. The van der Waals surface area contributed by atoms with E-state index < -0.39 is 34.3 Å². The van der Waals surface area contributed by atoms with E-state index in [-0.39, 0.29) is 16.3 Å². The maximum atomic E-state index is 13.4. The molecule has 1 saturated heterocycles. The lowest BCUT2D eigenvalue weighted by Gasteiger charge is -2.12. The summed E-state index contributed by atoms with van der Waals surface area (Å²) in [5, 5.41) is 13.9. The van der Waals surface area contributed by atoms with Crippen LogP contribution in [0.5, 0.6) is 0 Å². The number of fused-ring (bicyclic) bond motifs is 1. The van der Waals surface area contributed by atoms with Crippen molar-refractivity contribution >= 4 is 57.2 Å². The zero-order chi connectivity index (χ0) is 26.8. The first-order valence-electron chi connectivity index (χ1n) is 11.4. The summed E-state index contributed by atoms with van der Waals surface area (Å²) in [6.07, 6.45) is 3.41. The first kappa shape index (κ1) is 24.9. The van der Waals surface area contributed by atoms with E-state index in [4.69, 9.17) is 0 Å². The predicted octanol–water partition coefficient (Wildman–Crippen LogP) is 5.41. The summed E-state index contributed by atoms with van der Waals surface area (Å²) in [7, 11) is 0. The van der Waals surface area contributed by atoms with Crippen molar-refractivity contribution in [1.82, 2.24) is 9.47 Å². The average molecular weight is 531 g/mol. The number of nitrogens with zero attached hydrogens (tertiary/aromatic N) is 3. The summed E-state index contributed by atoms with van der Waals surface area (Å²) >= 11 is 0.729. The molecule has 1 aromatic heterocycles. The number of nitrogens with one attached hydrogen (secondary N) is 1. The molecule has 11 heteroatoms. The minimum Gasteiger partial charge on any atom is -0.342 e. The molecule has 1 aliphatic heterocycles. The first-order chi connectivity index (χ1) is 18.3. The third-order valence-corrected chi connectivity index (χ3v) is 6.77. The molecular formula is C27H19FN4O5S. The van der Waals surface area contributed by atoms with Gasteiger partial charge in [-0.2, -0.15) is 0 Å². The molecule has 1 fully saturated rings. The van der Waals surface area contributed by atoms with Crippen LogP contribution < -0.4 is 5.32 Å². The average Bonchev–Trinajstić information content (AvgIpc) is 3.36. The van der Waals surface area contributed by atoms with Crippen LogP contribution in [0.4, 0.5) is 20.6 Å². The highest BCUT2D eigenvalue weighted by molar-refractivity contribution is 8.18. The van der Waals surface area contributed by atoms with E-state index in [0.717, 1.165) is 39.2 Å². The Balaban J connectivity index is 1.38. The molecule has 4 aromatic rings. The van der Waals surface area contributed by atoms with Gasteiger partial charge in [0.1, 0.15) is 12.4 Å². The lowest BCUT2D eigenvalue weighted by Crippen LogP contribution is -2.36. The molecule has 3 amide bonds. The number of hydrogen-bond donors (Lipinski definition) is 1. The number of thioether (sulfide) groups is 1. The Labute approximate surface area is 219 Å². The van der Waals surface area contributed by atoms with Crippen LogP contribution in [-0.2, 0) is 16.1 Å². The Morgan fingerprint density at radius 2 is 1.84 bits per heavy atom. The van der Waals surface area contributed by atoms with Crippen LogP contribution in [0.1, 0.15) is 11.1 Å². The zero-order valence-corrected chi connectivity index (χ0v) is 20.5. The van der Waals surface area contributed by atoms with Crippen LogP contribution in [-0.4, -0.2) is 38.0 Å². The Bertz CT molecular complexity index is 1650. The maximum absolute atomic E-state index is 13.4. The summed E-state index contributed by atoms with van der Waals surface area (Å²) < 4.78 is 15.3. The number of nitro groups is 1. The number of non-ortho nitro benzene ring substituents is 1. The van der Waals surface area contributed by atoms with Gasteiger partial charge in [0.05, 0.1) is 9.83 Å². The molecule has 5 rings (SSSR count). The zero-order valence-electron chi connectivity index (χ0n) is 19.7. The van der Waals surface area contributed by atoms with Crippen molar-refractivity contribution in [2.24, 2.45) is 0 Å². The molecule has 190 valence electrons. The van der Waals surface area contributed by atoms with Crippen molar-refractivity contribution in [2.45, 2.75) is 6.54 Å². The van der Waals surface area contributed by atoms with Gasteiger partial charge in [-0.15, -0.1) is 0 Å². The van der Waals surface area contributed by atoms with Gasteiger partial charge in [-0.05, 0) is 47.7 Å². The highest BCUT2D eigenvalue weighted by Crippen LogP contribution is 2.34. The minimum atomic E-state index is -0.632. The normalized spacial score (nSPS) is 14.4. The minimum absolute atomic E-state index is 0.00528. The lowest BCUT2D eigenvalue weighted by molar-refractivity contribution is -0.384. The number of hydrogen-bond acceptors (Lipinski definition) is 6. The van der Waals surface area contributed by atoms with Crippen LogP contribution in [0, 0.1) is 15.9 Å². The third kappa shape index (κ3) is 5.18. The van der Waals surface area contributed by atoms with E-state index >= 15 is 0 Å². The molecule has 0 unspecified atom stereocenters. The van der Waals surface area contributed by atoms with Gasteiger partial charge >= 0.3 is 0 Å². The number of halogens is 1. The van der Waals surface area contributed by atoms with E-state index in [0.29, 0.717) is 12.1 Å². The van der Waals surface area contributed by atoms with Crippen LogP contribution in [0.15, 0.2) is 83.9 Å². The molecule has 1 aliphatic rings. The topological polar surface area (TPSA) is 115 Å². The van der Waals surface area contributed by atoms with Crippen molar-refractivity contribution in [3.8, 4) is 0 Å². The Hall–Kier alpha value is -4.77. The van der Waals surface area contributed by atoms with E-state index in [9.17, 15) is 28.9 Å². The van der Waals surface area contributed by atoms with Crippen molar-refractivity contribution in [3.63, 3.8) is 0 Å². The van der Waals surface area contributed by atoms with Gasteiger partial charge in [0.2, 0.25) is 5.91 Å². The number of benzene rings is 3. The summed E-state index contributed by atoms with van der Waals surface area (Å²) in [4.78, 5) is 49.7. The van der Waals surface area contributed by atoms with Crippen molar-refractivity contribution in [2.75, 3.05) is 11.9 Å². The number of carbonyl (C=O) groups excluding carboxylic acids is 3. The Morgan fingerprint density at radius 3 is 2.63 bits per heavy atom. The van der Waals surface area contributed by atoms with Gasteiger partial charge in [-0.25, -0.2) is 4.39 Å². The summed E-state index contributed by atoms with van der Waals surface area (Å²) in [5.41, 5.74) is 2.47. The smallest absolute Gasteiger partial charge is 0.294 e. The first-order valence-corrected chi connectivity index (χ1v) is 12.2. The fraction of sp³-hybridized carbons (Fsp3) is 0.0741. The molecule has 0 saturated carbocycles. The Morgan fingerprint density at radius 1 is 1.05 bits per heavy atom. The molecule has 0 atom stereocenters. The number of imide groups is 1. The number of para-hydroxylation sites is 1. The molecular weight excluding hydrogens is 511 g/mol. The Kier molecular flexibility index (Phi) is 6.75. The number of aromatic nitrogens is 1. The largest absolute Gasteiger partial charge is 0.342 e. The van der Waals surface area contributed by atoms with Gasteiger partial charge < -0.3 is 9.88 Å². The van der Waals surface area contributed by atoms with E-state index in [1.807, 2.05) is 35.0 Å². The van der Waals surface area contributed by atoms with Gasteiger partial charge in [0.25, 0.3) is 16.8 Å². The van der Waals surface area contributed by atoms with Crippen LogP contribution in [0.2, 0.25) is 0 Å². The lowest BCUT2D eigenvalue weighted by atomic mass is 10.1.